The number of benzene rings is 2. The summed E-state index contributed by atoms with van der Waals surface area (Å²) in [4.78, 5) is 0. The number of aliphatic hydroxyl groups is 2. The van der Waals surface area contributed by atoms with Crippen LogP contribution < -0.4 is 5.46 Å². The molecule has 0 aromatic heterocycles. The molecule has 26 heavy (non-hydrogen) atoms. The monoisotopic (exact) mass is 354 g/mol. The molecule has 2 rings (SSSR count). The van der Waals surface area contributed by atoms with Crippen molar-refractivity contribution in [1.82, 2.24) is 0 Å². The van der Waals surface area contributed by atoms with Crippen molar-refractivity contribution < 1.29 is 19.9 Å². The molecule has 3 N–H and O–H groups in total. The summed E-state index contributed by atoms with van der Waals surface area (Å²) >= 11 is 0. The topological polar surface area (TPSA) is 69.9 Å². The van der Waals surface area contributed by atoms with Crippen LogP contribution in [-0.4, -0.2) is 42.2 Å². The van der Waals surface area contributed by atoms with Gasteiger partial charge < -0.3 is 19.9 Å². The molecular weight excluding hydrogens is 327 g/mol. The lowest BCUT2D eigenvalue weighted by atomic mass is 9.78. The molecule has 0 radical (unpaired) electrons. The van der Waals surface area contributed by atoms with E-state index in [2.05, 4.69) is 32.6 Å². The third kappa shape index (κ3) is 9.40. The molecule has 2 aromatic rings. The number of aliphatic hydroxyl groups excluding tert-OH is 2. The first-order chi connectivity index (χ1) is 12.4. The van der Waals surface area contributed by atoms with Gasteiger partial charge in [-0.25, -0.2) is 0 Å². The van der Waals surface area contributed by atoms with E-state index in [0.717, 1.165) is 16.6 Å². The predicted molar refractivity (Wildman–Crippen MR) is 106 cm³/mol. The van der Waals surface area contributed by atoms with Gasteiger partial charge in [-0.2, -0.15) is 0 Å². The van der Waals surface area contributed by atoms with Crippen molar-refractivity contribution in [3.05, 3.63) is 65.7 Å². The van der Waals surface area contributed by atoms with Crippen LogP contribution in [0.5, 0.6) is 0 Å². The SMILES string of the molecule is CC(C)(C)COB(O)c1ccc(C#Cc2ccccc2)cc1.OCCO. The van der Waals surface area contributed by atoms with Gasteiger partial charge in [0.15, 0.2) is 0 Å². The second-order valence-corrected chi connectivity index (χ2v) is 6.91. The molecule has 0 bridgehead atoms. The van der Waals surface area contributed by atoms with Crippen LogP contribution in [0.25, 0.3) is 0 Å². The van der Waals surface area contributed by atoms with Crippen molar-refractivity contribution in [2.24, 2.45) is 5.41 Å². The summed E-state index contributed by atoms with van der Waals surface area (Å²) in [7, 11) is -0.893. The zero-order valence-electron chi connectivity index (χ0n) is 15.6. The summed E-state index contributed by atoms with van der Waals surface area (Å²) in [6, 6.07) is 17.4. The first kappa shape index (κ1) is 21.9. The molecule has 0 aliphatic rings. The van der Waals surface area contributed by atoms with E-state index in [1.165, 1.54) is 0 Å². The maximum Gasteiger partial charge on any atom is 0.491 e. The Morgan fingerprint density at radius 1 is 0.846 bits per heavy atom. The van der Waals surface area contributed by atoms with Gasteiger partial charge in [0.2, 0.25) is 0 Å². The van der Waals surface area contributed by atoms with Gasteiger partial charge in [0, 0.05) is 17.7 Å². The van der Waals surface area contributed by atoms with Gasteiger partial charge in [0.1, 0.15) is 0 Å². The molecule has 0 aliphatic carbocycles. The maximum absolute atomic E-state index is 10.0. The van der Waals surface area contributed by atoms with Gasteiger partial charge in [-0.1, -0.05) is 62.9 Å². The molecule has 4 nitrogen and oxygen atoms in total. The first-order valence-electron chi connectivity index (χ1n) is 8.54. The van der Waals surface area contributed by atoms with Crippen LogP contribution in [0.15, 0.2) is 54.6 Å². The zero-order chi connectivity index (χ0) is 19.4. The van der Waals surface area contributed by atoms with Crippen molar-refractivity contribution in [3.8, 4) is 11.8 Å². The summed E-state index contributed by atoms with van der Waals surface area (Å²) in [6.45, 7) is 6.47. The fourth-order valence-electron chi connectivity index (χ4n) is 1.82. The van der Waals surface area contributed by atoms with Crippen LogP contribution in [0.3, 0.4) is 0 Å². The van der Waals surface area contributed by atoms with E-state index >= 15 is 0 Å². The highest BCUT2D eigenvalue weighted by molar-refractivity contribution is 6.59. The molecule has 0 aliphatic heterocycles. The fourth-order valence-corrected chi connectivity index (χ4v) is 1.82. The minimum atomic E-state index is -0.893. The molecule has 0 saturated heterocycles. The number of hydrogen-bond acceptors (Lipinski definition) is 4. The summed E-state index contributed by atoms with van der Waals surface area (Å²) < 4.78 is 5.48. The van der Waals surface area contributed by atoms with Gasteiger partial charge >= 0.3 is 7.12 Å². The van der Waals surface area contributed by atoms with Crippen molar-refractivity contribution in [1.29, 1.82) is 0 Å². The van der Waals surface area contributed by atoms with E-state index < -0.39 is 7.12 Å². The molecule has 0 atom stereocenters. The van der Waals surface area contributed by atoms with Crippen LogP contribution in [-0.2, 0) is 4.65 Å². The van der Waals surface area contributed by atoms with Gasteiger partial charge in [-0.15, -0.1) is 0 Å². The van der Waals surface area contributed by atoms with Gasteiger partial charge in [0.05, 0.1) is 13.2 Å². The number of hydrogen-bond donors (Lipinski definition) is 3. The van der Waals surface area contributed by atoms with Crippen molar-refractivity contribution in [3.63, 3.8) is 0 Å². The smallest absolute Gasteiger partial charge is 0.423 e. The van der Waals surface area contributed by atoms with E-state index in [9.17, 15) is 5.02 Å². The predicted octanol–water partition coefficient (Wildman–Crippen LogP) is 1.81. The van der Waals surface area contributed by atoms with E-state index in [1.54, 1.807) is 0 Å². The molecule has 2 aromatic carbocycles. The molecule has 0 spiro atoms. The average molecular weight is 354 g/mol. The minimum Gasteiger partial charge on any atom is -0.423 e. The van der Waals surface area contributed by atoms with Gasteiger partial charge in [-0.3, -0.25) is 0 Å². The lowest BCUT2D eigenvalue weighted by molar-refractivity contribution is 0.174. The fraction of sp³-hybridized carbons (Fsp3) is 0.333. The Morgan fingerprint density at radius 3 is 1.81 bits per heavy atom. The Morgan fingerprint density at radius 2 is 1.35 bits per heavy atom. The van der Waals surface area contributed by atoms with E-state index in [-0.39, 0.29) is 18.6 Å². The number of rotatable bonds is 4. The molecule has 0 unspecified atom stereocenters. The largest absolute Gasteiger partial charge is 0.491 e. The van der Waals surface area contributed by atoms with E-state index in [4.69, 9.17) is 14.9 Å². The highest BCUT2D eigenvalue weighted by Crippen LogP contribution is 2.13. The normalized spacial score (nSPS) is 10.2. The van der Waals surface area contributed by atoms with E-state index in [0.29, 0.717) is 6.61 Å². The summed E-state index contributed by atoms with van der Waals surface area (Å²) in [5, 5.41) is 25.3. The summed E-state index contributed by atoms with van der Waals surface area (Å²) in [5.41, 5.74) is 2.67. The highest BCUT2D eigenvalue weighted by atomic mass is 16.5. The highest BCUT2D eigenvalue weighted by Gasteiger charge is 2.20. The van der Waals surface area contributed by atoms with Crippen molar-refractivity contribution >= 4 is 12.6 Å². The van der Waals surface area contributed by atoms with Crippen molar-refractivity contribution in [2.75, 3.05) is 19.8 Å². The van der Waals surface area contributed by atoms with Crippen LogP contribution >= 0.6 is 0 Å². The third-order valence-corrected chi connectivity index (χ3v) is 3.10. The molecule has 5 heteroatoms. The Labute approximate surface area is 156 Å². The Balaban J connectivity index is 0.000000765. The second-order valence-electron chi connectivity index (χ2n) is 6.91. The first-order valence-corrected chi connectivity index (χ1v) is 8.54. The molecule has 0 fully saturated rings. The van der Waals surface area contributed by atoms with Crippen LogP contribution in [0, 0.1) is 17.3 Å². The third-order valence-electron chi connectivity index (χ3n) is 3.10. The Kier molecular flexibility index (Phi) is 9.71. The molecule has 0 saturated carbocycles. The molecule has 138 valence electrons. The standard InChI is InChI=1S/C19H21BO2.C2H6O2/c1-19(2,3)15-22-20(21)18-13-11-17(12-14-18)10-9-16-7-5-4-6-8-16;3-1-2-4/h4-8,11-14,21H,15H2,1-3H3;3-4H,1-2H2. The quantitative estimate of drug-likeness (QED) is 0.579. The lowest BCUT2D eigenvalue weighted by Gasteiger charge is -2.19. The van der Waals surface area contributed by atoms with Crippen molar-refractivity contribution in [2.45, 2.75) is 20.8 Å². The van der Waals surface area contributed by atoms with Crippen LogP contribution in [0.4, 0.5) is 0 Å². The molecule has 0 amide bonds. The van der Waals surface area contributed by atoms with E-state index in [1.807, 2.05) is 54.6 Å². The summed E-state index contributed by atoms with van der Waals surface area (Å²) in [6.07, 6.45) is 0. The lowest BCUT2D eigenvalue weighted by Crippen LogP contribution is -2.36. The average Bonchev–Trinajstić information content (AvgIpc) is 2.65. The Hall–Kier alpha value is -2.10. The molecular formula is C21H27BO4. The van der Waals surface area contributed by atoms with Gasteiger partial charge in [-0.05, 0) is 35.1 Å². The van der Waals surface area contributed by atoms with Crippen LogP contribution in [0.2, 0.25) is 0 Å². The summed E-state index contributed by atoms with van der Waals surface area (Å²) in [5.74, 6) is 6.22. The zero-order valence-corrected chi connectivity index (χ0v) is 15.6. The molecule has 0 heterocycles. The Bertz CT molecular complexity index is 680. The maximum atomic E-state index is 10.0. The second kappa shape index (κ2) is 11.5. The van der Waals surface area contributed by atoms with Gasteiger partial charge in [0.25, 0.3) is 0 Å². The minimum absolute atomic E-state index is 0.0298. The van der Waals surface area contributed by atoms with Crippen LogP contribution in [0.1, 0.15) is 31.9 Å².